The van der Waals surface area contributed by atoms with Crippen molar-refractivity contribution in [1.82, 2.24) is 4.98 Å². The summed E-state index contributed by atoms with van der Waals surface area (Å²) in [7, 11) is 0. The van der Waals surface area contributed by atoms with Gasteiger partial charge >= 0.3 is 11.9 Å². The van der Waals surface area contributed by atoms with Crippen molar-refractivity contribution in [3.05, 3.63) is 18.4 Å². The number of rotatable bonds is 2. The van der Waals surface area contributed by atoms with Gasteiger partial charge in [0.15, 0.2) is 0 Å². The molecule has 0 saturated carbocycles. The number of nitrogens with zero attached hydrogens (tertiary/aromatic N) is 1. The van der Waals surface area contributed by atoms with Crippen LogP contribution >= 0.6 is 0 Å². The molecule has 5 heteroatoms. The summed E-state index contributed by atoms with van der Waals surface area (Å²) in [4.78, 5) is 14.3. The van der Waals surface area contributed by atoms with Crippen LogP contribution in [0.4, 0.5) is 0 Å². The van der Waals surface area contributed by atoms with Crippen LogP contribution in [-0.2, 0) is 4.74 Å². The van der Waals surface area contributed by atoms with E-state index in [1.807, 2.05) is 0 Å². The molecule has 1 rings (SSSR count). The maximum Gasteiger partial charge on any atom is 0.394 e. The van der Waals surface area contributed by atoms with Gasteiger partial charge in [-0.25, -0.2) is 9.78 Å². The quantitative estimate of drug-likeness (QED) is 0.471. The number of carbonyl (C=O) groups is 1. The maximum atomic E-state index is 10.7. The average Bonchev–Trinajstić information content (AvgIpc) is 2.38. The first kappa shape index (κ1) is 10.7. The van der Waals surface area contributed by atoms with E-state index in [2.05, 4.69) is 14.1 Å². The fraction of sp³-hybridized carbons (Fsp3) is 0.333. The minimum absolute atomic E-state index is 0. The molecule has 0 aromatic carbocycles. The molecule has 0 saturated heterocycles. The molecule has 0 aliphatic carbocycles. The van der Waals surface area contributed by atoms with E-state index < -0.39 is 5.97 Å². The molecule has 0 atom stereocenters. The van der Waals surface area contributed by atoms with Crippen molar-refractivity contribution in [2.24, 2.45) is 0 Å². The molecule has 0 amide bonds. The van der Waals surface area contributed by atoms with Crippen molar-refractivity contribution in [3.8, 4) is 0 Å². The van der Waals surface area contributed by atoms with Gasteiger partial charge in [-0.2, -0.15) is 0 Å². The number of carbonyl (C=O) groups excluding carboxylic acids is 1. The minimum atomic E-state index is -0.521. The summed E-state index contributed by atoms with van der Waals surface area (Å²) < 4.78 is 9.25. The SMILES string of the molecule is CCOC(=O)c1ncco1.[Na]. The van der Waals surface area contributed by atoms with Crippen LogP contribution in [0.1, 0.15) is 17.6 Å². The number of esters is 1. The van der Waals surface area contributed by atoms with Gasteiger partial charge in [0.1, 0.15) is 6.26 Å². The van der Waals surface area contributed by atoms with Crippen LogP contribution in [0.5, 0.6) is 0 Å². The van der Waals surface area contributed by atoms with Crippen molar-refractivity contribution < 1.29 is 13.9 Å². The Hall–Kier alpha value is -0.320. The Balaban J connectivity index is 0.000001000. The van der Waals surface area contributed by atoms with Crippen molar-refractivity contribution in [2.45, 2.75) is 6.92 Å². The van der Waals surface area contributed by atoms with Crippen LogP contribution < -0.4 is 0 Å². The molecule has 0 aliphatic rings. The summed E-state index contributed by atoms with van der Waals surface area (Å²) in [6, 6.07) is 0. The molecule has 4 nitrogen and oxygen atoms in total. The van der Waals surface area contributed by atoms with Crippen LogP contribution in [0.3, 0.4) is 0 Å². The third-order valence-corrected chi connectivity index (χ3v) is 0.882. The van der Waals surface area contributed by atoms with Gasteiger partial charge in [0.05, 0.1) is 12.8 Å². The molecule has 11 heavy (non-hydrogen) atoms. The second-order valence-electron chi connectivity index (χ2n) is 1.56. The first-order valence-corrected chi connectivity index (χ1v) is 2.91. The predicted molar refractivity (Wildman–Crippen MR) is 38.2 cm³/mol. The molecule has 1 heterocycles. The molecule has 1 aromatic heterocycles. The summed E-state index contributed by atoms with van der Waals surface area (Å²) in [5.41, 5.74) is 0. The smallest absolute Gasteiger partial charge is 0.394 e. The third kappa shape index (κ3) is 3.05. The minimum Gasteiger partial charge on any atom is -0.459 e. The molecule has 1 aromatic rings. The molecule has 0 aliphatic heterocycles. The zero-order valence-electron chi connectivity index (χ0n) is 6.53. The molecule has 55 valence electrons. The van der Waals surface area contributed by atoms with Crippen LogP contribution in [-0.4, -0.2) is 47.1 Å². The Morgan fingerprint density at radius 1 is 1.82 bits per heavy atom. The van der Waals surface area contributed by atoms with Gasteiger partial charge in [0.2, 0.25) is 0 Å². The number of aromatic nitrogens is 1. The first-order chi connectivity index (χ1) is 4.84. The molecule has 0 spiro atoms. The zero-order valence-corrected chi connectivity index (χ0v) is 8.53. The molecule has 0 N–H and O–H groups in total. The fourth-order valence-corrected chi connectivity index (χ4v) is 0.517. The van der Waals surface area contributed by atoms with Crippen molar-refractivity contribution in [1.29, 1.82) is 0 Å². The van der Waals surface area contributed by atoms with Crippen LogP contribution in [0.25, 0.3) is 0 Å². The van der Waals surface area contributed by atoms with Gasteiger partial charge in [-0.15, -0.1) is 0 Å². The van der Waals surface area contributed by atoms with E-state index in [0.29, 0.717) is 6.61 Å². The third-order valence-electron chi connectivity index (χ3n) is 0.882. The van der Waals surface area contributed by atoms with E-state index in [4.69, 9.17) is 0 Å². The van der Waals surface area contributed by atoms with E-state index in [1.54, 1.807) is 6.92 Å². The molecule has 1 radical (unpaired) electrons. The number of hydrogen-bond acceptors (Lipinski definition) is 4. The fourth-order valence-electron chi connectivity index (χ4n) is 0.517. The van der Waals surface area contributed by atoms with E-state index in [9.17, 15) is 4.79 Å². The summed E-state index contributed by atoms with van der Waals surface area (Å²) >= 11 is 0. The molecule has 0 unspecified atom stereocenters. The van der Waals surface area contributed by atoms with Crippen molar-refractivity contribution >= 4 is 35.5 Å². The zero-order chi connectivity index (χ0) is 7.40. The summed E-state index contributed by atoms with van der Waals surface area (Å²) in [5.74, 6) is -0.519. The van der Waals surface area contributed by atoms with Crippen LogP contribution in [0.2, 0.25) is 0 Å². The normalized spacial score (nSPS) is 8.45. The molecule has 0 bridgehead atoms. The van der Waals surface area contributed by atoms with Crippen LogP contribution in [0.15, 0.2) is 16.9 Å². The average molecular weight is 164 g/mol. The standard InChI is InChI=1S/C6H7NO3.Na/c1-2-9-6(8)5-7-3-4-10-5;/h3-4H,2H2,1H3;. The van der Waals surface area contributed by atoms with Gasteiger partial charge in [0.25, 0.3) is 0 Å². The van der Waals surface area contributed by atoms with E-state index in [1.165, 1.54) is 12.5 Å². The van der Waals surface area contributed by atoms with E-state index >= 15 is 0 Å². The van der Waals surface area contributed by atoms with Gasteiger partial charge in [0, 0.05) is 29.6 Å². The predicted octanol–water partition coefficient (Wildman–Crippen LogP) is 0.471. The van der Waals surface area contributed by atoms with E-state index in [-0.39, 0.29) is 35.4 Å². The van der Waals surface area contributed by atoms with E-state index in [0.717, 1.165) is 0 Å². The summed E-state index contributed by atoms with van der Waals surface area (Å²) in [6.07, 6.45) is 2.72. The molecular formula is C6H7NNaO3. The van der Waals surface area contributed by atoms with Gasteiger partial charge < -0.3 is 9.15 Å². The Bertz CT molecular complexity index is 210. The largest absolute Gasteiger partial charge is 0.459 e. The number of oxazole rings is 1. The maximum absolute atomic E-state index is 10.7. The molecular weight excluding hydrogens is 157 g/mol. The molecule has 0 fully saturated rings. The topological polar surface area (TPSA) is 52.3 Å². The van der Waals surface area contributed by atoms with Gasteiger partial charge in [-0.3, -0.25) is 0 Å². The van der Waals surface area contributed by atoms with Crippen molar-refractivity contribution in [2.75, 3.05) is 6.61 Å². The Labute approximate surface area is 86.2 Å². The second kappa shape index (κ2) is 5.35. The van der Waals surface area contributed by atoms with Crippen molar-refractivity contribution in [3.63, 3.8) is 0 Å². The summed E-state index contributed by atoms with van der Waals surface area (Å²) in [6.45, 7) is 2.06. The summed E-state index contributed by atoms with van der Waals surface area (Å²) in [5, 5.41) is 0. The van der Waals surface area contributed by atoms with Gasteiger partial charge in [-0.1, -0.05) is 0 Å². The van der Waals surface area contributed by atoms with Gasteiger partial charge in [-0.05, 0) is 6.92 Å². The first-order valence-electron chi connectivity index (χ1n) is 2.91. The Kier molecular flexibility index (Phi) is 5.19. The number of ether oxygens (including phenoxy) is 1. The Morgan fingerprint density at radius 2 is 2.55 bits per heavy atom. The Morgan fingerprint density at radius 3 is 3.00 bits per heavy atom. The number of hydrogen-bond donors (Lipinski definition) is 0. The monoisotopic (exact) mass is 164 g/mol. The second-order valence-corrected chi connectivity index (χ2v) is 1.56. The van der Waals surface area contributed by atoms with Crippen LogP contribution in [0, 0.1) is 0 Å².